The van der Waals surface area contributed by atoms with Crippen molar-refractivity contribution < 1.29 is 14.3 Å². The van der Waals surface area contributed by atoms with E-state index >= 15 is 0 Å². The van der Waals surface area contributed by atoms with Gasteiger partial charge in [-0.15, -0.1) is 0 Å². The molecule has 6 nitrogen and oxygen atoms in total. The third-order valence-electron chi connectivity index (χ3n) is 4.60. The highest BCUT2D eigenvalue weighted by Crippen LogP contribution is 2.26. The van der Waals surface area contributed by atoms with Crippen LogP contribution in [0.1, 0.15) is 30.5 Å². The van der Waals surface area contributed by atoms with Crippen molar-refractivity contribution in [2.24, 2.45) is 5.73 Å². The molecule has 1 amide bonds. The lowest BCUT2D eigenvalue weighted by Gasteiger charge is -2.38. The van der Waals surface area contributed by atoms with Crippen molar-refractivity contribution in [3.05, 3.63) is 47.5 Å². The van der Waals surface area contributed by atoms with Gasteiger partial charge in [0.2, 0.25) is 5.91 Å². The van der Waals surface area contributed by atoms with Crippen molar-refractivity contribution in [1.29, 1.82) is 0 Å². The normalized spacial score (nSPS) is 21.4. The Morgan fingerprint density at radius 3 is 3.00 bits per heavy atom. The van der Waals surface area contributed by atoms with E-state index in [1.54, 1.807) is 16.8 Å². The molecule has 134 valence electrons. The number of hydrogen-bond acceptors (Lipinski definition) is 4. The summed E-state index contributed by atoms with van der Waals surface area (Å²) in [5, 5.41) is 15.0. The van der Waals surface area contributed by atoms with Crippen LogP contribution in [-0.4, -0.2) is 44.4 Å². The third kappa shape index (κ3) is 4.24. The van der Waals surface area contributed by atoms with E-state index < -0.39 is 11.5 Å². The van der Waals surface area contributed by atoms with E-state index in [9.17, 15) is 14.3 Å². The van der Waals surface area contributed by atoms with Crippen LogP contribution in [-0.2, 0) is 11.3 Å². The van der Waals surface area contributed by atoms with E-state index in [4.69, 9.17) is 5.73 Å². The summed E-state index contributed by atoms with van der Waals surface area (Å²) in [5.74, 6) is -0.792. The number of nitrogens with zero attached hydrogens (tertiary/aromatic N) is 3. The molecular weight excluding hydrogens is 323 g/mol. The molecule has 0 aliphatic carbocycles. The Labute approximate surface area is 146 Å². The summed E-state index contributed by atoms with van der Waals surface area (Å²) in [6.45, 7) is 3.76. The number of carbonyl (C=O) groups is 1. The average molecular weight is 346 g/mol. The van der Waals surface area contributed by atoms with Crippen molar-refractivity contribution in [3.8, 4) is 5.69 Å². The number of amides is 1. The summed E-state index contributed by atoms with van der Waals surface area (Å²) < 4.78 is 15.1. The van der Waals surface area contributed by atoms with E-state index in [-0.39, 0.29) is 12.2 Å². The van der Waals surface area contributed by atoms with Gasteiger partial charge in [0.25, 0.3) is 0 Å². The molecule has 3 rings (SSSR count). The fourth-order valence-electron chi connectivity index (χ4n) is 3.45. The van der Waals surface area contributed by atoms with Crippen LogP contribution in [0.5, 0.6) is 0 Å². The number of likely N-dealkylation sites (tertiary alicyclic amines) is 1. The zero-order valence-electron chi connectivity index (χ0n) is 14.3. The fraction of sp³-hybridized carbons (Fsp3) is 0.444. The topological polar surface area (TPSA) is 84.4 Å². The highest BCUT2D eigenvalue weighted by Gasteiger charge is 2.34. The first-order valence-electron chi connectivity index (χ1n) is 8.39. The first-order chi connectivity index (χ1) is 11.8. The molecule has 0 bridgehead atoms. The Bertz CT molecular complexity index is 776. The second kappa shape index (κ2) is 6.93. The largest absolute Gasteiger partial charge is 0.388 e. The molecule has 1 unspecified atom stereocenters. The summed E-state index contributed by atoms with van der Waals surface area (Å²) >= 11 is 0. The molecule has 7 heteroatoms. The van der Waals surface area contributed by atoms with Gasteiger partial charge in [0.05, 0.1) is 23.4 Å². The molecular formula is C18H23FN4O2. The van der Waals surface area contributed by atoms with E-state index in [2.05, 4.69) is 10.00 Å². The number of carbonyl (C=O) groups excluding carboxylic acids is 1. The Balaban J connectivity index is 1.74. The fourth-order valence-corrected chi connectivity index (χ4v) is 3.45. The smallest absolute Gasteiger partial charge is 0.220 e. The van der Waals surface area contributed by atoms with E-state index in [0.717, 1.165) is 24.2 Å². The Hall–Kier alpha value is -2.25. The molecule has 1 atom stereocenters. The summed E-state index contributed by atoms with van der Waals surface area (Å²) in [6.07, 6.45) is 3.24. The van der Waals surface area contributed by atoms with Crippen LogP contribution >= 0.6 is 0 Å². The quantitative estimate of drug-likeness (QED) is 0.860. The lowest BCUT2D eigenvalue weighted by Crippen LogP contribution is -2.49. The van der Waals surface area contributed by atoms with Crippen molar-refractivity contribution in [1.82, 2.24) is 14.7 Å². The first kappa shape index (κ1) is 17.6. The van der Waals surface area contributed by atoms with Gasteiger partial charge in [-0.05, 0) is 44.5 Å². The van der Waals surface area contributed by atoms with Crippen LogP contribution < -0.4 is 5.73 Å². The number of benzene rings is 1. The standard InChI is InChI=1S/C18H23FN4O2/c1-13-14(11-23(21-13)16-5-2-4-15(19)8-16)10-22-7-3-6-18(25,12-22)9-17(20)24/h2,4-5,8,11,25H,3,6-7,9-10,12H2,1H3,(H2,20,24). The molecule has 2 aromatic rings. The molecule has 1 aromatic carbocycles. The number of aryl methyl sites for hydroxylation is 1. The summed E-state index contributed by atoms with van der Waals surface area (Å²) in [4.78, 5) is 13.3. The molecule has 3 N–H and O–H groups in total. The second-order valence-corrected chi connectivity index (χ2v) is 6.85. The van der Waals surface area contributed by atoms with Gasteiger partial charge >= 0.3 is 0 Å². The first-order valence-corrected chi connectivity index (χ1v) is 8.39. The Morgan fingerprint density at radius 2 is 2.28 bits per heavy atom. The van der Waals surface area contributed by atoms with Crippen LogP contribution in [0.25, 0.3) is 5.69 Å². The molecule has 0 saturated carbocycles. The number of piperidine rings is 1. The molecule has 1 fully saturated rings. The average Bonchev–Trinajstić information content (AvgIpc) is 2.87. The van der Waals surface area contributed by atoms with Crippen molar-refractivity contribution in [2.75, 3.05) is 13.1 Å². The van der Waals surface area contributed by atoms with Gasteiger partial charge in [0.1, 0.15) is 5.82 Å². The molecule has 2 heterocycles. The minimum absolute atomic E-state index is 0.0228. The third-order valence-corrected chi connectivity index (χ3v) is 4.60. The van der Waals surface area contributed by atoms with Gasteiger partial charge in [-0.25, -0.2) is 9.07 Å². The van der Waals surface area contributed by atoms with Gasteiger partial charge in [0, 0.05) is 24.8 Å². The van der Waals surface area contributed by atoms with Crippen LogP contribution in [0.4, 0.5) is 4.39 Å². The summed E-state index contributed by atoms with van der Waals surface area (Å²) in [5.41, 5.74) is 6.72. The Morgan fingerprint density at radius 1 is 1.48 bits per heavy atom. The highest BCUT2D eigenvalue weighted by atomic mass is 19.1. The number of primary amides is 1. The SMILES string of the molecule is Cc1nn(-c2cccc(F)c2)cc1CN1CCCC(O)(CC(N)=O)C1. The lowest BCUT2D eigenvalue weighted by molar-refractivity contribution is -0.125. The number of aliphatic hydroxyl groups is 1. The van der Waals surface area contributed by atoms with E-state index in [1.807, 2.05) is 13.1 Å². The van der Waals surface area contributed by atoms with E-state index in [1.165, 1.54) is 12.1 Å². The van der Waals surface area contributed by atoms with E-state index in [0.29, 0.717) is 25.2 Å². The monoisotopic (exact) mass is 346 g/mol. The number of aromatic nitrogens is 2. The van der Waals surface area contributed by atoms with Gasteiger partial charge < -0.3 is 10.8 Å². The number of rotatable bonds is 5. The molecule has 1 aliphatic rings. The molecule has 1 saturated heterocycles. The lowest BCUT2D eigenvalue weighted by atomic mass is 9.89. The number of β-amino-alcohol motifs (C(OH)–C–C–N with tert-alkyl or cyclic N) is 1. The molecule has 1 aromatic heterocycles. The number of hydrogen-bond donors (Lipinski definition) is 2. The van der Waals surface area contributed by atoms with Crippen LogP contribution in [0.3, 0.4) is 0 Å². The van der Waals surface area contributed by atoms with Gasteiger partial charge in [-0.3, -0.25) is 9.69 Å². The zero-order valence-corrected chi connectivity index (χ0v) is 14.3. The maximum atomic E-state index is 13.4. The van der Waals surface area contributed by atoms with Crippen molar-refractivity contribution in [2.45, 2.75) is 38.3 Å². The predicted octanol–water partition coefficient (Wildman–Crippen LogP) is 1.52. The zero-order chi connectivity index (χ0) is 18.0. The Kier molecular flexibility index (Phi) is 4.87. The van der Waals surface area contributed by atoms with Crippen molar-refractivity contribution >= 4 is 5.91 Å². The molecule has 0 spiro atoms. The molecule has 0 radical (unpaired) electrons. The van der Waals surface area contributed by atoms with Crippen LogP contribution in [0, 0.1) is 12.7 Å². The van der Waals surface area contributed by atoms with Gasteiger partial charge in [0.15, 0.2) is 0 Å². The van der Waals surface area contributed by atoms with Gasteiger partial charge in [-0.2, -0.15) is 5.10 Å². The predicted molar refractivity (Wildman–Crippen MR) is 91.5 cm³/mol. The van der Waals surface area contributed by atoms with Crippen LogP contribution in [0.15, 0.2) is 30.5 Å². The number of halogens is 1. The molecule has 1 aliphatic heterocycles. The number of nitrogens with two attached hydrogens (primary N) is 1. The van der Waals surface area contributed by atoms with Crippen molar-refractivity contribution in [3.63, 3.8) is 0 Å². The van der Waals surface area contributed by atoms with Gasteiger partial charge in [-0.1, -0.05) is 6.07 Å². The minimum atomic E-state index is -1.06. The molecule has 25 heavy (non-hydrogen) atoms. The van der Waals surface area contributed by atoms with Crippen LogP contribution in [0.2, 0.25) is 0 Å². The minimum Gasteiger partial charge on any atom is -0.388 e. The maximum absolute atomic E-state index is 13.4. The second-order valence-electron chi connectivity index (χ2n) is 6.85. The summed E-state index contributed by atoms with van der Waals surface area (Å²) in [7, 11) is 0. The summed E-state index contributed by atoms with van der Waals surface area (Å²) in [6, 6.07) is 6.28. The maximum Gasteiger partial charge on any atom is 0.220 e. The highest BCUT2D eigenvalue weighted by molar-refractivity contribution is 5.75.